The molecule has 2 heterocycles. The molecule has 18 heavy (non-hydrogen) atoms. The van der Waals surface area contributed by atoms with Crippen molar-refractivity contribution in [1.29, 1.82) is 0 Å². The Labute approximate surface area is 111 Å². The number of hydrogen-bond donors (Lipinski definition) is 1. The quantitative estimate of drug-likeness (QED) is 0.920. The molecule has 3 rings (SSSR count). The Morgan fingerprint density at radius 2 is 2.44 bits per heavy atom. The summed E-state index contributed by atoms with van der Waals surface area (Å²) < 4.78 is 2.23. The molecule has 2 unspecified atom stereocenters. The minimum atomic E-state index is 0.543. The van der Waals surface area contributed by atoms with Crippen LogP contribution in [-0.2, 0) is 6.54 Å². The standard InChI is InChI=1S/C13H18N4S/c1-10-16-11(8-18-10)7-15-12-3-2-4-13(12)17-6-5-14-9-17/h5-6,8-9,12-13,15H,2-4,7H2,1H3. The first kappa shape index (κ1) is 11.9. The van der Waals surface area contributed by atoms with Crippen LogP contribution in [0.1, 0.15) is 36.0 Å². The van der Waals surface area contributed by atoms with E-state index in [1.807, 2.05) is 12.5 Å². The third kappa shape index (κ3) is 2.47. The van der Waals surface area contributed by atoms with Gasteiger partial charge in [0.25, 0.3) is 0 Å². The normalized spacial score (nSPS) is 23.6. The van der Waals surface area contributed by atoms with Crippen LogP contribution >= 0.6 is 11.3 Å². The molecule has 1 aliphatic carbocycles. The lowest BCUT2D eigenvalue weighted by Gasteiger charge is -2.21. The topological polar surface area (TPSA) is 42.7 Å². The lowest BCUT2D eigenvalue weighted by molar-refractivity contribution is 0.389. The number of nitrogens with zero attached hydrogens (tertiary/aromatic N) is 3. The Morgan fingerprint density at radius 3 is 3.17 bits per heavy atom. The molecule has 0 bridgehead atoms. The van der Waals surface area contributed by atoms with Gasteiger partial charge in [-0.3, -0.25) is 0 Å². The lowest BCUT2D eigenvalue weighted by Crippen LogP contribution is -2.33. The predicted molar refractivity (Wildman–Crippen MR) is 72.6 cm³/mol. The van der Waals surface area contributed by atoms with Crippen molar-refractivity contribution in [2.75, 3.05) is 0 Å². The van der Waals surface area contributed by atoms with E-state index in [-0.39, 0.29) is 0 Å². The average Bonchev–Trinajstić information content (AvgIpc) is 3.07. The van der Waals surface area contributed by atoms with Crippen LogP contribution in [0.15, 0.2) is 24.1 Å². The van der Waals surface area contributed by atoms with Crippen molar-refractivity contribution < 1.29 is 0 Å². The second kappa shape index (κ2) is 5.20. The van der Waals surface area contributed by atoms with Gasteiger partial charge in [0.2, 0.25) is 0 Å². The van der Waals surface area contributed by atoms with E-state index < -0.39 is 0 Å². The van der Waals surface area contributed by atoms with Gasteiger partial charge in [-0.15, -0.1) is 11.3 Å². The molecule has 1 fully saturated rings. The van der Waals surface area contributed by atoms with E-state index in [9.17, 15) is 0 Å². The lowest BCUT2D eigenvalue weighted by atomic mass is 10.1. The Kier molecular flexibility index (Phi) is 3.43. The second-order valence-corrected chi connectivity index (χ2v) is 5.92. The maximum absolute atomic E-state index is 4.50. The third-order valence-corrected chi connectivity index (χ3v) is 4.42. The van der Waals surface area contributed by atoms with Crippen LogP contribution in [0, 0.1) is 6.92 Å². The zero-order chi connectivity index (χ0) is 12.4. The van der Waals surface area contributed by atoms with Crippen LogP contribution in [0.5, 0.6) is 0 Å². The molecule has 4 nitrogen and oxygen atoms in total. The van der Waals surface area contributed by atoms with Gasteiger partial charge in [-0.1, -0.05) is 0 Å². The highest BCUT2D eigenvalue weighted by Gasteiger charge is 2.27. The first-order valence-corrected chi connectivity index (χ1v) is 7.33. The molecule has 2 aromatic heterocycles. The Morgan fingerprint density at radius 1 is 1.50 bits per heavy atom. The molecule has 0 amide bonds. The fraction of sp³-hybridized carbons (Fsp3) is 0.538. The van der Waals surface area contributed by atoms with Crippen molar-refractivity contribution in [2.45, 2.75) is 44.8 Å². The zero-order valence-corrected chi connectivity index (χ0v) is 11.4. The highest BCUT2D eigenvalue weighted by Crippen LogP contribution is 2.30. The number of rotatable bonds is 4. The molecule has 0 spiro atoms. The number of aromatic nitrogens is 3. The van der Waals surface area contributed by atoms with Crippen molar-refractivity contribution in [2.24, 2.45) is 0 Å². The minimum absolute atomic E-state index is 0.543. The molecule has 0 saturated heterocycles. The number of aryl methyl sites for hydroxylation is 1. The average molecular weight is 262 g/mol. The van der Waals surface area contributed by atoms with Crippen LogP contribution in [0.25, 0.3) is 0 Å². The zero-order valence-electron chi connectivity index (χ0n) is 10.5. The van der Waals surface area contributed by atoms with Crippen molar-refractivity contribution in [3.8, 4) is 0 Å². The molecule has 2 aromatic rings. The van der Waals surface area contributed by atoms with E-state index in [0.29, 0.717) is 12.1 Å². The highest BCUT2D eigenvalue weighted by atomic mass is 32.1. The summed E-state index contributed by atoms with van der Waals surface area (Å²) in [7, 11) is 0. The minimum Gasteiger partial charge on any atom is -0.333 e. The van der Waals surface area contributed by atoms with Crippen molar-refractivity contribution in [3.05, 3.63) is 34.8 Å². The Bertz CT molecular complexity index is 491. The van der Waals surface area contributed by atoms with E-state index in [2.05, 4.69) is 38.4 Å². The van der Waals surface area contributed by atoms with E-state index in [1.165, 1.54) is 19.3 Å². The summed E-state index contributed by atoms with van der Waals surface area (Å²) in [6.45, 7) is 2.93. The number of hydrogen-bond acceptors (Lipinski definition) is 4. The molecule has 1 N–H and O–H groups in total. The summed E-state index contributed by atoms with van der Waals surface area (Å²) in [6.07, 6.45) is 9.63. The fourth-order valence-corrected chi connectivity index (χ4v) is 3.34. The Balaban J connectivity index is 1.62. The first-order valence-electron chi connectivity index (χ1n) is 6.45. The second-order valence-electron chi connectivity index (χ2n) is 4.85. The third-order valence-electron chi connectivity index (χ3n) is 3.60. The van der Waals surface area contributed by atoms with Gasteiger partial charge in [-0.05, 0) is 26.2 Å². The molecule has 96 valence electrons. The molecule has 0 aromatic carbocycles. The van der Waals surface area contributed by atoms with Gasteiger partial charge in [0.1, 0.15) is 0 Å². The molecule has 2 atom stereocenters. The van der Waals surface area contributed by atoms with Crippen LogP contribution in [0.4, 0.5) is 0 Å². The summed E-state index contributed by atoms with van der Waals surface area (Å²) in [5, 5.41) is 6.93. The summed E-state index contributed by atoms with van der Waals surface area (Å²) >= 11 is 1.72. The predicted octanol–water partition coefficient (Wildman–Crippen LogP) is 2.53. The highest BCUT2D eigenvalue weighted by molar-refractivity contribution is 7.09. The summed E-state index contributed by atoms with van der Waals surface area (Å²) in [6, 6.07) is 1.09. The molecule has 5 heteroatoms. The maximum Gasteiger partial charge on any atom is 0.0949 e. The van der Waals surface area contributed by atoms with Crippen LogP contribution < -0.4 is 5.32 Å². The van der Waals surface area contributed by atoms with Crippen LogP contribution in [-0.4, -0.2) is 20.6 Å². The smallest absolute Gasteiger partial charge is 0.0949 e. The van der Waals surface area contributed by atoms with Crippen molar-refractivity contribution in [3.63, 3.8) is 0 Å². The van der Waals surface area contributed by atoms with Gasteiger partial charge in [-0.2, -0.15) is 0 Å². The van der Waals surface area contributed by atoms with Crippen LogP contribution in [0.2, 0.25) is 0 Å². The van der Waals surface area contributed by atoms with Gasteiger partial charge < -0.3 is 9.88 Å². The molecular weight excluding hydrogens is 244 g/mol. The largest absolute Gasteiger partial charge is 0.333 e. The van der Waals surface area contributed by atoms with Gasteiger partial charge in [-0.25, -0.2) is 9.97 Å². The van der Waals surface area contributed by atoms with Gasteiger partial charge in [0, 0.05) is 36.4 Å². The van der Waals surface area contributed by atoms with Crippen molar-refractivity contribution in [1.82, 2.24) is 19.9 Å². The van der Waals surface area contributed by atoms with Gasteiger partial charge in [0.15, 0.2) is 0 Å². The number of imidazole rings is 1. The molecule has 1 saturated carbocycles. The molecule has 1 aliphatic rings. The molecular formula is C13H18N4S. The number of thiazole rings is 1. The van der Waals surface area contributed by atoms with E-state index in [0.717, 1.165) is 17.2 Å². The molecule has 0 aliphatic heterocycles. The Hall–Kier alpha value is -1.20. The van der Waals surface area contributed by atoms with Gasteiger partial charge in [0.05, 0.1) is 17.0 Å². The van der Waals surface area contributed by atoms with E-state index in [1.54, 1.807) is 11.3 Å². The SMILES string of the molecule is Cc1nc(CNC2CCCC2n2ccnc2)cs1. The van der Waals surface area contributed by atoms with Crippen LogP contribution in [0.3, 0.4) is 0 Å². The summed E-state index contributed by atoms with van der Waals surface area (Å²) in [5.74, 6) is 0. The maximum atomic E-state index is 4.50. The number of nitrogens with one attached hydrogen (secondary N) is 1. The molecule has 0 radical (unpaired) electrons. The van der Waals surface area contributed by atoms with Crippen molar-refractivity contribution >= 4 is 11.3 Å². The van der Waals surface area contributed by atoms with E-state index in [4.69, 9.17) is 0 Å². The first-order chi connectivity index (χ1) is 8.83. The van der Waals surface area contributed by atoms with Gasteiger partial charge >= 0.3 is 0 Å². The summed E-state index contributed by atoms with van der Waals surface area (Å²) in [4.78, 5) is 8.64. The monoisotopic (exact) mass is 262 g/mol. The van der Waals surface area contributed by atoms with E-state index >= 15 is 0 Å². The fourth-order valence-electron chi connectivity index (χ4n) is 2.73. The summed E-state index contributed by atoms with van der Waals surface area (Å²) in [5.41, 5.74) is 1.16.